The highest BCUT2D eigenvalue weighted by Gasteiger charge is 2.31. The molecule has 0 unspecified atom stereocenters. The highest BCUT2D eigenvalue weighted by atomic mass is 79.9. The largest absolute Gasteiger partial charge is 0.351 e. The van der Waals surface area contributed by atoms with Crippen LogP contribution in [0, 0.1) is 12.3 Å². The third-order valence-corrected chi connectivity index (χ3v) is 5.88. The molecule has 4 heteroatoms. The zero-order valence-corrected chi connectivity index (χ0v) is 14.2. The van der Waals surface area contributed by atoms with Gasteiger partial charge in [-0.05, 0) is 47.3 Å². The highest BCUT2D eigenvalue weighted by molar-refractivity contribution is 9.10. The molecule has 2 rings (SSSR count). The van der Waals surface area contributed by atoms with Crippen LogP contribution in [-0.4, -0.2) is 18.3 Å². The molecule has 2 nitrogen and oxygen atoms in total. The number of hydrogen-bond acceptors (Lipinski definition) is 1. The van der Waals surface area contributed by atoms with Crippen molar-refractivity contribution in [3.8, 4) is 0 Å². The molecule has 0 spiro atoms. The van der Waals surface area contributed by atoms with Gasteiger partial charge in [-0.2, -0.15) is 0 Å². The first-order chi connectivity index (χ1) is 9.58. The molecule has 0 bridgehead atoms. The number of nitrogens with one attached hydrogen (secondary N) is 1. The number of carbonyl (C=O) groups is 1. The lowest BCUT2D eigenvalue weighted by Gasteiger charge is -2.35. The van der Waals surface area contributed by atoms with Gasteiger partial charge in [-0.25, -0.2) is 0 Å². The van der Waals surface area contributed by atoms with Gasteiger partial charge < -0.3 is 5.32 Å². The molecular formula is C16H21BrClNO. The summed E-state index contributed by atoms with van der Waals surface area (Å²) in [5.41, 5.74) is 1.86. The Kier molecular flexibility index (Phi) is 5.50. The third-order valence-electron chi connectivity index (χ3n) is 4.26. The van der Waals surface area contributed by atoms with Gasteiger partial charge in [0.05, 0.1) is 5.56 Å². The summed E-state index contributed by atoms with van der Waals surface area (Å²) in [6, 6.07) is 5.75. The standard InChI is InChI=1S/C16H21BrClNO/c1-12-6-5-7-13(14(12)17)15(20)19-11-16(10-18)8-3-2-4-9-16/h5-7H,2-4,8-11H2,1H3,(H,19,20). The minimum absolute atomic E-state index is 0.0179. The van der Waals surface area contributed by atoms with E-state index in [-0.39, 0.29) is 11.3 Å². The van der Waals surface area contributed by atoms with Crippen LogP contribution in [0.1, 0.15) is 48.0 Å². The van der Waals surface area contributed by atoms with Crippen LogP contribution in [0.5, 0.6) is 0 Å². The molecule has 1 N–H and O–H groups in total. The first-order valence-corrected chi connectivity index (χ1v) is 8.50. The van der Waals surface area contributed by atoms with Crippen molar-refractivity contribution in [3.63, 3.8) is 0 Å². The van der Waals surface area contributed by atoms with E-state index in [4.69, 9.17) is 11.6 Å². The fourth-order valence-corrected chi connectivity index (χ4v) is 3.65. The molecule has 110 valence electrons. The minimum Gasteiger partial charge on any atom is -0.351 e. The van der Waals surface area contributed by atoms with Gasteiger partial charge in [0.1, 0.15) is 0 Å². The summed E-state index contributed by atoms with van der Waals surface area (Å²) < 4.78 is 0.876. The SMILES string of the molecule is Cc1cccc(C(=O)NCC2(CCl)CCCCC2)c1Br. The average molecular weight is 359 g/mol. The first kappa shape index (κ1) is 15.8. The van der Waals surface area contributed by atoms with E-state index in [0.29, 0.717) is 18.0 Å². The van der Waals surface area contributed by atoms with Crippen molar-refractivity contribution in [3.05, 3.63) is 33.8 Å². The van der Waals surface area contributed by atoms with E-state index in [0.717, 1.165) is 22.9 Å². The van der Waals surface area contributed by atoms with E-state index in [2.05, 4.69) is 21.2 Å². The second kappa shape index (κ2) is 6.95. The van der Waals surface area contributed by atoms with Crippen molar-refractivity contribution in [2.24, 2.45) is 5.41 Å². The van der Waals surface area contributed by atoms with Gasteiger partial charge in [0.25, 0.3) is 5.91 Å². The van der Waals surface area contributed by atoms with Gasteiger partial charge >= 0.3 is 0 Å². The molecule has 1 aromatic carbocycles. The molecule has 0 aliphatic heterocycles. The van der Waals surface area contributed by atoms with Crippen molar-refractivity contribution in [1.82, 2.24) is 5.32 Å². The number of halogens is 2. The summed E-state index contributed by atoms with van der Waals surface area (Å²) in [6.45, 7) is 2.66. The Morgan fingerprint density at radius 2 is 2.05 bits per heavy atom. The normalized spacial score (nSPS) is 17.8. The Morgan fingerprint density at radius 3 is 2.70 bits per heavy atom. The smallest absolute Gasteiger partial charge is 0.252 e. The predicted molar refractivity (Wildman–Crippen MR) is 87.5 cm³/mol. The Balaban J connectivity index is 2.02. The lowest BCUT2D eigenvalue weighted by Crippen LogP contribution is -2.40. The fourth-order valence-electron chi connectivity index (χ4n) is 2.85. The lowest BCUT2D eigenvalue weighted by molar-refractivity contribution is 0.0920. The van der Waals surface area contributed by atoms with Gasteiger partial charge in [-0.1, -0.05) is 31.4 Å². The van der Waals surface area contributed by atoms with Crippen LogP contribution in [0.15, 0.2) is 22.7 Å². The molecule has 1 aliphatic carbocycles. The fraction of sp³-hybridized carbons (Fsp3) is 0.562. The van der Waals surface area contributed by atoms with Crippen LogP contribution < -0.4 is 5.32 Å². The molecular weight excluding hydrogens is 338 g/mol. The minimum atomic E-state index is -0.0179. The molecule has 20 heavy (non-hydrogen) atoms. The molecule has 0 radical (unpaired) electrons. The highest BCUT2D eigenvalue weighted by Crippen LogP contribution is 2.36. The van der Waals surface area contributed by atoms with E-state index in [1.807, 2.05) is 25.1 Å². The number of hydrogen-bond donors (Lipinski definition) is 1. The molecule has 1 aliphatic rings. The van der Waals surface area contributed by atoms with E-state index in [1.54, 1.807) is 0 Å². The predicted octanol–water partition coefficient (Wildman–Crippen LogP) is 4.68. The number of benzene rings is 1. The van der Waals surface area contributed by atoms with Gasteiger partial charge in [0, 0.05) is 22.3 Å². The quantitative estimate of drug-likeness (QED) is 0.778. The zero-order valence-electron chi connectivity index (χ0n) is 11.8. The maximum absolute atomic E-state index is 12.3. The Bertz CT molecular complexity index is 483. The molecule has 0 aromatic heterocycles. The molecule has 0 heterocycles. The van der Waals surface area contributed by atoms with Crippen LogP contribution in [-0.2, 0) is 0 Å². The summed E-state index contributed by atoms with van der Waals surface area (Å²) in [7, 11) is 0. The Morgan fingerprint density at radius 1 is 1.35 bits per heavy atom. The number of aryl methyl sites for hydroxylation is 1. The number of amides is 1. The van der Waals surface area contributed by atoms with Crippen molar-refractivity contribution in [2.45, 2.75) is 39.0 Å². The molecule has 1 aromatic rings. The van der Waals surface area contributed by atoms with Gasteiger partial charge in [0.2, 0.25) is 0 Å². The van der Waals surface area contributed by atoms with Crippen molar-refractivity contribution < 1.29 is 4.79 Å². The summed E-state index contributed by atoms with van der Waals surface area (Å²) in [5, 5.41) is 3.08. The Hall–Kier alpha value is -0.540. The summed E-state index contributed by atoms with van der Waals surface area (Å²) in [6.07, 6.45) is 5.96. The van der Waals surface area contributed by atoms with Crippen LogP contribution >= 0.6 is 27.5 Å². The average Bonchev–Trinajstić information content (AvgIpc) is 2.48. The van der Waals surface area contributed by atoms with Crippen molar-refractivity contribution in [1.29, 1.82) is 0 Å². The zero-order chi connectivity index (χ0) is 14.6. The third kappa shape index (κ3) is 3.56. The van der Waals surface area contributed by atoms with E-state index in [1.165, 1.54) is 19.3 Å². The van der Waals surface area contributed by atoms with E-state index >= 15 is 0 Å². The second-order valence-corrected chi connectivity index (χ2v) is 6.87. The van der Waals surface area contributed by atoms with Crippen molar-refractivity contribution >= 4 is 33.4 Å². The van der Waals surface area contributed by atoms with E-state index in [9.17, 15) is 4.79 Å². The van der Waals surface area contributed by atoms with Gasteiger partial charge in [-0.15, -0.1) is 11.6 Å². The van der Waals surface area contributed by atoms with Crippen LogP contribution in [0.2, 0.25) is 0 Å². The summed E-state index contributed by atoms with van der Waals surface area (Å²) in [5.74, 6) is 0.609. The molecule has 1 saturated carbocycles. The van der Waals surface area contributed by atoms with Crippen LogP contribution in [0.25, 0.3) is 0 Å². The first-order valence-electron chi connectivity index (χ1n) is 7.17. The van der Waals surface area contributed by atoms with Gasteiger partial charge in [0.15, 0.2) is 0 Å². The molecule has 0 atom stereocenters. The number of rotatable bonds is 4. The summed E-state index contributed by atoms with van der Waals surface area (Å²) in [4.78, 5) is 12.3. The van der Waals surface area contributed by atoms with E-state index < -0.39 is 0 Å². The number of alkyl halides is 1. The molecule has 0 saturated heterocycles. The van der Waals surface area contributed by atoms with Crippen LogP contribution in [0.4, 0.5) is 0 Å². The maximum atomic E-state index is 12.3. The number of carbonyl (C=O) groups excluding carboxylic acids is 1. The molecule has 1 fully saturated rings. The summed E-state index contributed by atoms with van der Waals surface area (Å²) >= 11 is 9.65. The van der Waals surface area contributed by atoms with Gasteiger partial charge in [-0.3, -0.25) is 4.79 Å². The Labute approximate surface area is 134 Å². The van der Waals surface area contributed by atoms with Crippen LogP contribution in [0.3, 0.4) is 0 Å². The lowest BCUT2D eigenvalue weighted by atomic mass is 9.75. The van der Waals surface area contributed by atoms with Crippen molar-refractivity contribution in [2.75, 3.05) is 12.4 Å². The second-order valence-electron chi connectivity index (χ2n) is 5.81. The topological polar surface area (TPSA) is 29.1 Å². The monoisotopic (exact) mass is 357 g/mol. The maximum Gasteiger partial charge on any atom is 0.252 e. The molecule has 1 amide bonds.